The maximum atomic E-state index is 13.0. The van der Waals surface area contributed by atoms with Crippen LogP contribution in [-0.4, -0.2) is 37.7 Å². The number of benzene rings is 1. The molecule has 1 aromatic heterocycles. The van der Waals surface area contributed by atoms with Gasteiger partial charge in [0.1, 0.15) is 5.82 Å². The Balaban J connectivity index is 2.04. The van der Waals surface area contributed by atoms with Crippen LogP contribution < -0.4 is 16.8 Å². The number of hydrogen-bond donors (Lipinski definition) is 3. The molecule has 0 saturated heterocycles. The number of thiophene rings is 1. The van der Waals surface area contributed by atoms with Crippen molar-refractivity contribution in [2.24, 2.45) is 21.5 Å². The van der Waals surface area contributed by atoms with Crippen molar-refractivity contribution in [3.05, 3.63) is 57.5 Å². The van der Waals surface area contributed by atoms with Gasteiger partial charge in [-0.25, -0.2) is 9.38 Å². The van der Waals surface area contributed by atoms with E-state index in [2.05, 4.69) is 15.3 Å². The van der Waals surface area contributed by atoms with Crippen molar-refractivity contribution in [3.8, 4) is 0 Å². The van der Waals surface area contributed by atoms with E-state index in [1.807, 2.05) is 0 Å². The third kappa shape index (κ3) is 5.20. The molecule has 2 aromatic rings. The van der Waals surface area contributed by atoms with Crippen LogP contribution >= 0.6 is 11.3 Å². The number of hydrogen-bond acceptors (Lipinski definition) is 4. The van der Waals surface area contributed by atoms with E-state index in [-0.39, 0.29) is 24.3 Å². The molecule has 0 aliphatic rings. The maximum Gasteiger partial charge on any atom is 0.261 e. The summed E-state index contributed by atoms with van der Waals surface area (Å²) in [7, 11) is 1.60. The molecular weight excluding hydrogens is 341 g/mol. The van der Waals surface area contributed by atoms with E-state index in [1.54, 1.807) is 30.6 Å². The molecule has 0 fully saturated rings. The third-order valence-electron chi connectivity index (χ3n) is 3.51. The van der Waals surface area contributed by atoms with Crippen LogP contribution in [0.25, 0.3) is 0 Å². The topological polar surface area (TPSA) is 106 Å². The molecule has 0 aliphatic carbocycles. The second kappa shape index (κ2) is 9.05. The fourth-order valence-electron chi connectivity index (χ4n) is 2.26. The molecule has 1 heterocycles. The van der Waals surface area contributed by atoms with Crippen LogP contribution in [0.1, 0.15) is 20.8 Å². The zero-order valence-electron chi connectivity index (χ0n) is 13.8. The van der Waals surface area contributed by atoms with Crippen LogP contribution in [0.5, 0.6) is 0 Å². The monoisotopic (exact) mass is 361 g/mol. The Hall–Kier alpha value is -2.58. The highest BCUT2D eigenvalue weighted by atomic mass is 32.1. The maximum absolute atomic E-state index is 13.0. The van der Waals surface area contributed by atoms with Gasteiger partial charge in [-0.15, -0.1) is 11.3 Å². The molecule has 0 saturated carbocycles. The molecule has 1 atom stereocenters. The summed E-state index contributed by atoms with van der Waals surface area (Å²) in [5, 5.41) is 4.69. The van der Waals surface area contributed by atoms with Crippen LogP contribution in [0, 0.1) is 5.82 Å². The van der Waals surface area contributed by atoms with Gasteiger partial charge in [-0.1, -0.05) is 12.1 Å². The summed E-state index contributed by atoms with van der Waals surface area (Å²) in [6.07, 6.45) is 1.69. The molecule has 2 rings (SSSR count). The van der Waals surface area contributed by atoms with Crippen molar-refractivity contribution in [1.29, 1.82) is 0 Å². The molecule has 8 heteroatoms. The predicted molar refractivity (Wildman–Crippen MR) is 99.9 cm³/mol. The molecule has 132 valence electrons. The summed E-state index contributed by atoms with van der Waals surface area (Å²) >= 11 is 1.29. The van der Waals surface area contributed by atoms with Crippen molar-refractivity contribution in [1.82, 2.24) is 5.32 Å². The minimum absolute atomic E-state index is 0.221. The van der Waals surface area contributed by atoms with Gasteiger partial charge in [0.25, 0.3) is 5.91 Å². The van der Waals surface area contributed by atoms with E-state index in [0.29, 0.717) is 17.1 Å². The number of nitrogens with two attached hydrogens (primary N) is 2. The Morgan fingerprint density at radius 2 is 2.12 bits per heavy atom. The van der Waals surface area contributed by atoms with E-state index in [9.17, 15) is 9.18 Å². The van der Waals surface area contributed by atoms with Gasteiger partial charge in [-0.3, -0.25) is 9.79 Å². The first-order valence-electron chi connectivity index (χ1n) is 7.62. The number of amides is 1. The average Bonchev–Trinajstić information content (AvgIpc) is 3.10. The summed E-state index contributed by atoms with van der Waals surface area (Å²) < 4.78 is 13.0. The van der Waals surface area contributed by atoms with Crippen molar-refractivity contribution >= 4 is 29.4 Å². The standard InChI is InChI=1S/C17H20FN5OS/c1-21-16(22-10-20)12-7-15(25-9-12)17(24)23-14(8-19)6-11-2-4-13(18)5-3-11/h2-5,7,9-10,14H,6,8,19H2,1H3,(H,23,24)(H2,20,21,22). The molecule has 0 bridgehead atoms. The van der Waals surface area contributed by atoms with Crippen molar-refractivity contribution < 1.29 is 9.18 Å². The molecule has 0 aliphatic heterocycles. The lowest BCUT2D eigenvalue weighted by molar-refractivity contribution is 0.0942. The summed E-state index contributed by atoms with van der Waals surface area (Å²) in [4.78, 5) is 20.9. The van der Waals surface area contributed by atoms with E-state index in [4.69, 9.17) is 11.5 Å². The molecule has 0 radical (unpaired) electrons. The minimum Gasteiger partial charge on any atom is -0.390 e. The number of halogens is 1. The van der Waals surface area contributed by atoms with Crippen LogP contribution in [0.4, 0.5) is 4.39 Å². The summed E-state index contributed by atoms with van der Waals surface area (Å²) in [6, 6.07) is 7.61. The summed E-state index contributed by atoms with van der Waals surface area (Å²) in [5.74, 6) is -0.0581. The molecule has 6 nitrogen and oxygen atoms in total. The first kappa shape index (κ1) is 18.8. The lowest BCUT2D eigenvalue weighted by Gasteiger charge is -2.16. The number of aliphatic imine (C=N–C) groups is 2. The van der Waals surface area contributed by atoms with Gasteiger partial charge in [-0.2, -0.15) is 0 Å². The number of carbonyl (C=O) groups excluding carboxylic acids is 1. The highest BCUT2D eigenvalue weighted by Crippen LogP contribution is 2.16. The quantitative estimate of drug-likeness (QED) is 0.537. The Labute approximate surface area is 149 Å². The van der Waals surface area contributed by atoms with Gasteiger partial charge in [-0.05, 0) is 30.2 Å². The Morgan fingerprint density at radius 1 is 1.40 bits per heavy atom. The third-order valence-corrected chi connectivity index (χ3v) is 4.43. The first-order valence-corrected chi connectivity index (χ1v) is 8.50. The molecule has 25 heavy (non-hydrogen) atoms. The number of rotatable bonds is 6. The average molecular weight is 361 g/mol. The predicted octanol–water partition coefficient (Wildman–Crippen LogP) is 1.55. The van der Waals surface area contributed by atoms with Crippen LogP contribution in [0.15, 0.2) is 45.7 Å². The minimum atomic E-state index is -0.295. The summed E-state index contributed by atoms with van der Waals surface area (Å²) in [6.45, 7) is 0.278. The van der Waals surface area contributed by atoms with Crippen LogP contribution in [0.2, 0.25) is 0 Å². The van der Waals surface area contributed by atoms with Gasteiger partial charge in [0.2, 0.25) is 0 Å². The molecular formula is C17H20FN5OS. The van der Waals surface area contributed by atoms with Crippen LogP contribution in [-0.2, 0) is 6.42 Å². The van der Waals surface area contributed by atoms with E-state index in [0.717, 1.165) is 17.5 Å². The van der Waals surface area contributed by atoms with E-state index in [1.165, 1.54) is 23.5 Å². The van der Waals surface area contributed by atoms with Gasteiger partial charge in [0.15, 0.2) is 5.84 Å². The van der Waals surface area contributed by atoms with Crippen LogP contribution in [0.3, 0.4) is 0 Å². The molecule has 1 unspecified atom stereocenters. The Kier molecular flexibility index (Phi) is 6.79. The second-order valence-electron chi connectivity index (χ2n) is 5.26. The zero-order chi connectivity index (χ0) is 18.2. The van der Waals surface area contributed by atoms with E-state index >= 15 is 0 Å². The van der Waals surface area contributed by atoms with Crippen molar-refractivity contribution in [2.75, 3.05) is 13.6 Å². The normalized spacial score (nSPS) is 13.2. The zero-order valence-corrected chi connectivity index (χ0v) is 14.6. The second-order valence-corrected chi connectivity index (χ2v) is 6.17. The van der Waals surface area contributed by atoms with Crippen molar-refractivity contribution in [3.63, 3.8) is 0 Å². The lowest BCUT2D eigenvalue weighted by Crippen LogP contribution is -2.41. The smallest absolute Gasteiger partial charge is 0.261 e. The number of nitrogens with zero attached hydrogens (tertiary/aromatic N) is 2. The van der Waals surface area contributed by atoms with Gasteiger partial charge in [0.05, 0.1) is 11.2 Å². The number of amidine groups is 1. The SMILES string of the molecule is CN=C(N=CN)c1csc(C(=O)NC(CN)Cc2ccc(F)cc2)c1. The molecule has 1 aromatic carbocycles. The largest absolute Gasteiger partial charge is 0.390 e. The fraction of sp³-hybridized carbons (Fsp3) is 0.235. The first-order chi connectivity index (χ1) is 12.1. The lowest BCUT2D eigenvalue weighted by atomic mass is 10.1. The molecule has 5 N–H and O–H groups in total. The Bertz CT molecular complexity index is 770. The van der Waals surface area contributed by atoms with Gasteiger partial charge in [0, 0.05) is 30.6 Å². The fourth-order valence-corrected chi connectivity index (χ4v) is 3.05. The highest BCUT2D eigenvalue weighted by molar-refractivity contribution is 7.12. The van der Waals surface area contributed by atoms with Crippen molar-refractivity contribution in [2.45, 2.75) is 12.5 Å². The number of nitrogens with one attached hydrogen (secondary N) is 1. The van der Waals surface area contributed by atoms with E-state index < -0.39 is 0 Å². The molecule has 1 amide bonds. The highest BCUT2D eigenvalue weighted by Gasteiger charge is 2.16. The summed E-state index contributed by atoms with van der Waals surface area (Å²) in [5.41, 5.74) is 12.7. The van der Waals surface area contributed by atoms with Gasteiger partial charge < -0.3 is 16.8 Å². The molecule has 0 spiro atoms. The van der Waals surface area contributed by atoms with Gasteiger partial charge >= 0.3 is 0 Å². The Morgan fingerprint density at radius 3 is 2.72 bits per heavy atom. The number of carbonyl (C=O) groups is 1.